The van der Waals surface area contributed by atoms with E-state index in [0.717, 1.165) is 27.4 Å². The van der Waals surface area contributed by atoms with Gasteiger partial charge in [0.15, 0.2) is 5.12 Å². The molecule has 7 heteroatoms. The van der Waals surface area contributed by atoms with E-state index in [1.165, 1.54) is 11.8 Å². The summed E-state index contributed by atoms with van der Waals surface area (Å²) in [4.78, 5) is 35.5. The molecule has 0 atom stereocenters. The average molecular weight is 374 g/mol. The van der Waals surface area contributed by atoms with Gasteiger partial charge in [-0.2, -0.15) is 0 Å². The van der Waals surface area contributed by atoms with E-state index in [4.69, 9.17) is 5.11 Å². The molecule has 1 N–H and O–H groups in total. The molecule has 0 unspecified atom stereocenters. The van der Waals surface area contributed by atoms with Gasteiger partial charge in [-0.15, -0.1) is 0 Å². The summed E-state index contributed by atoms with van der Waals surface area (Å²) in [5.41, 5.74) is 2.16. The summed E-state index contributed by atoms with van der Waals surface area (Å²) < 4.78 is 0.797. The predicted molar refractivity (Wildman–Crippen MR) is 86.7 cm³/mol. The lowest BCUT2D eigenvalue weighted by atomic mass is 10.1. The molecule has 0 spiro atoms. The monoisotopic (exact) mass is 373 g/mol. The number of carboxylic acid groups (broad SMARTS) is 1. The highest BCUT2D eigenvalue weighted by Crippen LogP contribution is 2.31. The van der Waals surface area contributed by atoms with Gasteiger partial charge in [-0.3, -0.25) is 19.3 Å². The molecule has 1 aromatic rings. The quantitative estimate of drug-likeness (QED) is 0.858. The van der Waals surface area contributed by atoms with Gasteiger partial charge >= 0.3 is 5.97 Å². The van der Waals surface area contributed by atoms with Crippen molar-refractivity contribution in [3.05, 3.63) is 27.7 Å². The van der Waals surface area contributed by atoms with Crippen LogP contribution in [0, 0.1) is 13.8 Å². The topological polar surface area (TPSA) is 74.7 Å². The molecule has 114 valence electrons. The number of benzene rings is 1. The number of nitrogens with zero attached hydrogens (tertiary/aromatic N) is 1. The SMILES string of the molecule is CC(=O)SCC(=O)N(CC(=O)O)c1c(C)ccc(Br)c1C. The number of amides is 1. The second-order valence-electron chi connectivity index (χ2n) is 4.49. The molecule has 0 saturated carbocycles. The Hall–Kier alpha value is -1.34. The molecule has 0 aliphatic rings. The van der Waals surface area contributed by atoms with Gasteiger partial charge in [-0.25, -0.2) is 0 Å². The first-order valence-electron chi connectivity index (χ1n) is 6.15. The average Bonchev–Trinajstić information content (AvgIpc) is 2.39. The minimum absolute atomic E-state index is 0.0754. The standard InChI is InChI=1S/C14H16BrNO4S/c1-8-4-5-11(15)9(2)14(8)16(6-13(19)20)12(18)7-21-10(3)17/h4-5H,6-7H2,1-3H3,(H,19,20). The Labute approximate surface area is 135 Å². The van der Waals surface area contributed by atoms with E-state index in [9.17, 15) is 14.4 Å². The maximum Gasteiger partial charge on any atom is 0.323 e. The summed E-state index contributed by atoms with van der Waals surface area (Å²) in [6.45, 7) is 4.56. The maximum atomic E-state index is 12.3. The fraction of sp³-hybridized carbons (Fsp3) is 0.357. The zero-order chi connectivity index (χ0) is 16.2. The molecule has 0 aromatic heterocycles. The van der Waals surface area contributed by atoms with Gasteiger partial charge in [0.25, 0.3) is 0 Å². The molecular formula is C14H16BrNO4S. The lowest BCUT2D eigenvalue weighted by Gasteiger charge is -2.25. The van der Waals surface area contributed by atoms with Crippen molar-refractivity contribution in [2.45, 2.75) is 20.8 Å². The van der Waals surface area contributed by atoms with E-state index in [-0.39, 0.29) is 10.9 Å². The van der Waals surface area contributed by atoms with E-state index in [0.29, 0.717) is 5.69 Å². The van der Waals surface area contributed by atoms with Gasteiger partial charge in [-0.05, 0) is 31.0 Å². The molecule has 0 radical (unpaired) electrons. The molecule has 5 nitrogen and oxygen atoms in total. The smallest absolute Gasteiger partial charge is 0.323 e. The van der Waals surface area contributed by atoms with Crippen LogP contribution in [-0.2, 0) is 14.4 Å². The summed E-state index contributed by atoms with van der Waals surface area (Å²) in [6, 6.07) is 3.66. The van der Waals surface area contributed by atoms with Gasteiger partial charge in [0.1, 0.15) is 6.54 Å². The Morgan fingerprint density at radius 1 is 1.29 bits per heavy atom. The summed E-state index contributed by atoms with van der Waals surface area (Å²) in [5.74, 6) is -1.58. The van der Waals surface area contributed by atoms with Crippen LogP contribution in [0.2, 0.25) is 0 Å². The van der Waals surface area contributed by atoms with Crippen molar-refractivity contribution in [1.82, 2.24) is 0 Å². The van der Waals surface area contributed by atoms with E-state index >= 15 is 0 Å². The number of hydrogen-bond acceptors (Lipinski definition) is 4. The van der Waals surface area contributed by atoms with Crippen molar-refractivity contribution in [2.75, 3.05) is 17.2 Å². The summed E-state index contributed by atoms with van der Waals surface area (Å²) >= 11 is 4.25. The Morgan fingerprint density at radius 2 is 1.90 bits per heavy atom. The lowest BCUT2D eigenvalue weighted by molar-refractivity contribution is -0.136. The van der Waals surface area contributed by atoms with E-state index in [1.54, 1.807) is 0 Å². The van der Waals surface area contributed by atoms with Gasteiger partial charge in [0.2, 0.25) is 5.91 Å². The van der Waals surface area contributed by atoms with Crippen molar-refractivity contribution < 1.29 is 19.5 Å². The van der Waals surface area contributed by atoms with Crippen LogP contribution in [0.4, 0.5) is 5.69 Å². The number of carbonyl (C=O) groups excluding carboxylic acids is 2. The van der Waals surface area contributed by atoms with Crippen LogP contribution < -0.4 is 4.90 Å². The van der Waals surface area contributed by atoms with Crippen LogP contribution in [0.3, 0.4) is 0 Å². The minimum atomic E-state index is -1.10. The number of hydrogen-bond donors (Lipinski definition) is 1. The molecule has 1 rings (SSSR count). The number of rotatable bonds is 5. The Morgan fingerprint density at radius 3 is 2.43 bits per heavy atom. The highest BCUT2D eigenvalue weighted by molar-refractivity contribution is 9.10. The maximum absolute atomic E-state index is 12.3. The molecule has 0 fully saturated rings. The molecule has 21 heavy (non-hydrogen) atoms. The second kappa shape index (κ2) is 7.61. The van der Waals surface area contributed by atoms with Crippen LogP contribution in [0.15, 0.2) is 16.6 Å². The van der Waals surface area contributed by atoms with Crippen LogP contribution in [0.25, 0.3) is 0 Å². The highest BCUT2D eigenvalue weighted by Gasteiger charge is 2.23. The summed E-state index contributed by atoms with van der Waals surface area (Å²) in [6.07, 6.45) is 0. The Kier molecular flexibility index (Phi) is 6.42. The van der Waals surface area contributed by atoms with Crippen LogP contribution >= 0.6 is 27.7 Å². The zero-order valence-corrected chi connectivity index (χ0v) is 14.4. The molecular weight excluding hydrogens is 358 g/mol. The van der Waals surface area contributed by atoms with Gasteiger partial charge in [-0.1, -0.05) is 33.8 Å². The second-order valence-corrected chi connectivity index (χ2v) is 6.50. The largest absolute Gasteiger partial charge is 0.480 e. The van der Waals surface area contributed by atoms with Crippen molar-refractivity contribution in [3.63, 3.8) is 0 Å². The van der Waals surface area contributed by atoms with Crippen LogP contribution in [-0.4, -0.2) is 34.4 Å². The third kappa shape index (κ3) is 4.86. The third-order valence-corrected chi connectivity index (χ3v) is 4.49. The first kappa shape index (κ1) is 17.7. The summed E-state index contributed by atoms with van der Waals surface area (Å²) in [5, 5.41) is 8.86. The number of aryl methyl sites for hydroxylation is 1. The third-order valence-electron chi connectivity index (χ3n) is 2.83. The fourth-order valence-corrected chi connectivity index (χ4v) is 2.70. The van der Waals surface area contributed by atoms with Gasteiger partial charge in [0, 0.05) is 11.4 Å². The molecule has 1 amide bonds. The van der Waals surface area contributed by atoms with Crippen LogP contribution in [0.5, 0.6) is 0 Å². The van der Waals surface area contributed by atoms with Gasteiger partial charge in [0.05, 0.1) is 11.4 Å². The number of anilines is 1. The van der Waals surface area contributed by atoms with E-state index in [1.807, 2.05) is 26.0 Å². The number of carbonyl (C=O) groups is 3. The number of halogens is 1. The van der Waals surface area contributed by atoms with Crippen molar-refractivity contribution in [1.29, 1.82) is 0 Å². The fourth-order valence-electron chi connectivity index (χ4n) is 1.89. The molecule has 0 saturated heterocycles. The minimum Gasteiger partial charge on any atom is -0.480 e. The molecule has 1 aromatic carbocycles. The normalized spacial score (nSPS) is 10.3. The summed E-state index contributed by atoms with van der Waals surface area (Å²) in [7, 11) is 0. The Balaban J connectivity index is 3.19. The molecule has 0 heterocycles. The Bertz CT molecular complexity index is 589. The lowest BCUT2D eigenvalue weighted by Crippen LogP contribution is -2.38. The van der Waals surface area contributed by atoms with Gasteiger partial charge < -0.3 is 5.11 Å². The molecule has 0 aliphatic carbocycles. The predicted octanol–water partition coefficient (Wildman–Crippen LogP) is 2.76. The molecule has 0 bridgehead atoms. The first-order valence-corrected chi connectivity index (χ1v) is 7.93. The molecule has 0 aliphatic heterocycles. The van der Waals surface area contributed by atoms with E-state index in [2.05, 4.69) is 15.9 Å². The first-order chi connectivity index (χ1) is 9.73. The highest BCUT2D eigenvalue weighted by atomic mass is 79.9. The van der Waals surface area contributed by atoms with Crippen molar-refractivity contribution in [3.8, 4) is 0 Å². The van der Waals surface area contributed by atoms with Crippen molar-refractivity contribution >= 4 is 50.4 Å². The number of carboxylic acids is 1. The van der Waals surface area contributed by atoms with Crippen molar-refractivity contribution in [2.24, 2.45) is 0 Å². The van der Waals surface area contributed by atoms with Crippen LogP contribution in [0.1, 0.15) is 18.1 Å². The number of thioether (sulfide) groups is 1. The zero-order valence-electron chi connectivity index (χ0n) is 12.0. The number of aliphatic carboxylic acids is 1. The van der Waals surface area contributed by atoms with E-state index < -0.39 is 18.4 Å².